The number of halogens is 6. The minimum absolute atomic E-state index is 0.167. The van der Waals surface area contributed by atoms with E-state index in [9.17, 15) is 18.0 Å². The van der Waals surface area contributed by atoms with Crippen LogP contribution in [0.15, 0.2) is 0 Å². The van der Waals surface area contributed by atoms with Crippen LogP contribution >= 0.6 is 34.8 Å². The predicted octanol–water partition coefficient (Wildman–Crippen LogP) is 5.99. The number of ketones is 1. The zero-order valence-corrected chi connectivity index (χ0v) is 15.5. The number of rotatable bonds is 3. The second-order valence-corrected chi connectivity index (χ2v) is 6.33. The van der Waals surface area contributed by atoms with E-state index in [0.717, 1.165) is 7.05 Å². The molecule has 0 rings (SSSR count). The van der Waals surface area contributed by atoms with Gasteiger partial charge >= 0.3 is 6.18 Å². The van der Waals surface area contributed by atoms with Crippen molar-refractivity contribution in [1.29, 1.82) is 0 Å². The number of carbonyl (C=O) groups excluding carboxylic acids is 1. The summed E-state index contributed by atoms with van der Waals surface area (Å²) in [4.78, 5) is 17.8. The van der Waals surface area contributed by atoms with Crippen LogP contribution < -0.4 is 0 Å². The lowest BCUT2D eigenvalue weighted by atomic mass is 10.2. The van der Waals surface area contributed by atoms with Crippen molar-refractivity contribution in [2.24, 2.45) is 0 Å². The van der Waals surface area contributed by atoms with Crippen molar-refractivity contribution in [2.75, 3.05) is 7.05 Å². The highest BCUT2D eigenvalue weighted by atomic mass is 35.6. The second-order valence-electron chi connectivity index (χ2n) is 4.05. The minimum Gasteiger partial charge on any atom is -0.300 e. The lowest BCUT2D eigenvalue weighted by Crippen LogP contribution is -2.27. The Balaban J connectivity index is -0.000000103. The lowest BCUT2D eigenvalue weighted by Gasteiger charge is -2.13. The first kappa shape index (κ1) is 29.7. The third-order valence-corrected chi connectivity index (χ3v) is 1.92. The normalized spacial score (nSPS) is 9.95. The molecule has 0 fully saturated rings. The molecule has 0 heterocycles. The molecule has 0 saturated carbocycles. The minimum atomic E-state index is -4.77. The van der Waals surface area contributed by atoms with Gasteiger partial charge in [0.15, 0.2) is 7.05 Å². The molecule has 0 aromatic rings. The molecule has 4 nitrogen and oxygen atoms in total. The van der Waals surface area contributed by atoms with Crippen LogP contribution in [-0.2, 0) is 4.79 Å². The van der Waals surface area contributed by atoms with E-state index in [4.69, 9.17) is 10.1 Å². The SMILES string of the molecule is CC(C)=O.CCCCCC.C[N+](=O)[O-].FC(F)(F)C(Cl)(Cl)Cl. The Morgan fingerprint density at radius 3 is 1.23 bits per heavy atom. The van der Waals surface area contributed by atoms with E-state index in [1.807, 2.05) is 0 Å². The van der Waals surface area contributed by atoms with Gasteiger partial charge in [-0.15, -0.1) is 0 Å². The highest BCUT2D eigenvalue weighted by Crippen LogP contribution is 2.42. The van der Waals surface area contributed by atoms with Gasteiger partial charge in [0.25, 0.3) is 3.79 Å². The van der Waals surface area contributed by atoms with Gasteiger partial charge in [0.1, 0.15) is 5.78 Å². The second kappa shape index (κ2) is 17.1. The Bertz CT molecular complexity index is 247. The molecular weight excluding hydrogens is 369 g/mol. The van der Waals surface area contributed by atoms with Crippen molar-refractivity contribution in [3.8, 4) is 0 Å². The number of Topliss-reactive ketones (excluding diaryl/α,β-unsaturated/α-hetero) is 1. The molecule has 0 aromatic carbocycles. The van der Waals surface area contributed by atoms with E-state index in [1.165, 1.54) is 39.5 Å². The molecule has 0 unspecified atom stereocenters. The standard InChI is InChI=1S/C6H14.C3H6O.C2Cl3F3.CH3NO2/c1-3-5-6-4-2;1-3(2)4;3-1(4,5)2(6,7)8;1-2(3)4/h3-6H2,1-2H3;1-2H3;;1H3. The van der Waals surface area contributed by atoms with Crippen LogP contribution in [0.3, 0.4) is 0 Å². The largest absolute Gasteiger partial charge is 0.435 e. The molecule has 0 atom stereocenters. The first-order valence-corrected chi connectivity index (χ1v) is 7.45. The van der Waals surface area contributed by atoms with Crippen molar-refractivity contribution in [1.82, 2.24) is 0 Å². The molecule has 0 aromatic heterocycles. The van der Waals surface area contributed by atoms with E-state index < -0.39 is 14.9 Å². The Hall–Kier alpha value is -0.270. The number of hydrogen-bond donors (Lipinski definition) is 0. The van der Waals surface area contributed by atoms with Crippen LogP contribution in [-0.4, -0.2) is 27.7 Å². The van der Waals surface area contributed by atoms with Crippen LogP contribution in [0.25, 0.3) is 0 Å². The first-order valence-electron chi connectivity index (χ1n) is 6.31. The number of nitro groups is 1. The number of alkyl halides is 6. The van der Waals surface area contributed by atoms with E-state index in [-0.39, 0.29) is 5.78 Å². The molecular formula is C12H23Cl3F3NO3. The Labute approximate surface area is 144 Å². The number of carbonyl (C=O) groups is 1. The molecule has 0 amide bonds. The van der Waals surface area contributed by atoms with Crippen molar-refractivity contribution in [3.63, 3.8) is 0 Å². The molecule has 0 radical (unpaired) electrons. The van der Waals surface area contributed by atoms with Gasteiger partial charge < -0.3 is 4.79 Å². The highest BCUT2D eigenvalue weighted by Gasteiger charge is 2.51. The van der Waals surface area contributed by atoms with Crippen molar-refractivity contribution in [3.05, 3.63) is 10.1 Å². The summed E-state index contributed by atoms with van der Waals surface area (Å²) in [6.45, 7) is 7.52. The average Bonchev–Trinajstić information content (AvgIpc) is 2.22. The maximum absolute atomic E-state index is 11.2. The summed E-state index contributed by atoms with van der Waals surface area (Å²) >= 11 is 13.2. The van der Waals surface area contributed by atoms with Crippen LogP contribution in [0.5, 0.6) is 0 Å². The highest BCUT2D eigenvalue weighted by molar-refractivity contribution is 6.68. The van der Waals surface area contributed by atoms with Crippen molar-refractivity contribution in [2.45, 2.75) is 63.3 Å². The van der Waals surface area contributed by atoms with E-state index in [1.54, 1.807) is 0 Å². The van der Waals surface area contributed by atoms with Crippen molar-refractivity contribution < 1.29 is 22.9 Å². The van der Waals surface area contributed by atoms with Gasteiger partial charge in [-0.05, 0) is 13.8 Å². The number of unbranched alkanes of at least 4 members (excludes halogenated alkanes) is 3. The summed E-state index contributed by atoms with van der Waals surface area (Å²) in [6.07, 6.45) is 0.770. The number of hydrogen-bond acceptors (Lipinski definition) is 3. The molecule has 0 aliphatic rings. The maximum atomic E-state index is 11.2. The molecule has 0 N–H and O–H groups in total. The molecule has 0 saturated heterocycles. The Morgan fingerprint density at radius 2 is 1.18 bits per heavy atom. The van der Waals surface area contributed by atoms with Gasteiger partial charge in [-0.1, -0.05) is 74.3 Å². The first-order chi connectivity index (χ1) is 9.63. The smallest absolute Gasteiger partial charge is 0.300 e. The van der Waals surface area contributed by atoms with Crippen molar-refractivity contribution >= 4 is 40.6 Å². The third kappa shape index (κ3) is 50.3. The van der Waals surface area contributed by atoms with E-state index in [0.29, 0.717) is 0 Å². The van der Waals surface area contributed by atoms with Crippen LogP contribution in [0.4, 0.5) is 13.2 Å². The van der Waals surface area contributed by atoms with Gasteiger partial charge in [-0.25, -0.2) is 0 Å². The fourth-order valence-corrected chi connectivity index (χ4v) is 0.500. The lowest BCUT2D eigenvalue weighted by molar-refractivity contribution is -0.445. The molecule has 0 aliphatic carbocycles. The van der Waals surface area contributed by atoms with Gasteiger partial charge in [0.05, 0.1) is 0 Å². The quantitative estimate of drug-likeness (QED) is 0.256. The molecule has 136 valence electrons. The van der Waals surface area contributed by atoms with E-state index in [2.05, 4.69) is 48.7 Å². The van der Waals surface area contributed by atoms with Crippen LogP contribution in [0, 0.1) is 10.1 Å². The number of nitrogens with zero attached hydrogens (tertiary/aromatic N) is 1. The fraction of sp³-hybridized carbons (Fsp3) is 0.917. The Morgan fingerprint density at radius 1 is 1.05 bits per heavy atom. The third-order valence-electron chi connectivity index (χ3n) is 1.28. The molecule has 0 aliphatic heterocycles. The summed E-state index contributed by atoms with van der Waals surface area (Å²) in [5, 5.41) is 8.81. The predicted molar refractivity (Wildman–Crippen MR) is 85.4 cm³/mol. The van der Waals surface area contributed by atoms with Crippen LogP contribution in [0.1, 0.15) is 53.4 Å². The summed E-state index contributed by atoms with van der Waals surface area (Å²) in [7, 11) is 0.889. The maximum Gasteiger partial charge on any atom is 0.435 e. The summed E-state index contributed by atoms with van der Waals surface area (Å²) in [6, 6.07) is 0. The molecule has 22 heavy (non-hydrogen) atoms. The van der Waals surface area contributed by atoms with Crippen LogP contribution in [0.2, 0.25) is 0 Å². The fourth-order valence-electron chi connectivity index (χ4n) is 0.500. The summed E-state index contributed by atoms with van der Waals surface area (Å²) in [5.41, 5.74) is 0. The summed E-state index contributed by atoms with van der Waals surface area (Å²) in [5.74, 6) is 0.167. The topological polar surface area (TPSA) is 60.2 Å². The van der Waals surface area contributed by atoms with Gasteiger partial charge in [-0.2, -0.15) is 13.2 Å². The monoisotopic (exact) mass is 391 g/mol. The van der Waals surface area contributed by atoms with E-state index >= 15 is 0 Å². The zero-order valence-electron chi connectivity index (χ0n) is 13.3. The average molecular weight is 393 g/mol. The Kier molecular flexibility index (Phi) is 23.1. The molecule has 0 bridgehead atoms. The molecule has 10 heteroatoms. The van der Waals surface area contributed by atoms with Gasteiger partial charge in [-0.3, -0.25) is 10.1 Å². The van der Waals surface area contributed by atoms with Gasteiger partial charge in [0, 0.05) is 4.92 Å². The zero-order chi connectivity index (χ0) is 19.0. The molecule has 0 spiro atoms. The van der Waals surface area contributed by atoms with Gasteiger partial charge in [0.2, 0.25) is 0 Å². The summed E-state index contributed by atoms with van der Waals surface area (Å²) < 4.78 is 30.4.